The van der Waals surface area contributed by atoms with Gasteiger partial charge in [-0.2, -0.15) is 0 Å². The van der Waals surface area contributed by atoms with Gasteiger partial charge in [0.25, 0.3) is 0 Å². The third kappa shape index (κ3) is 3.43. The fraction of sp³-hybridized carbons (Fsp3) is 0.467. The third-order valence-electron chi connectivity index (χ3n) is 3.47. The van der Waals surface area contributed by atoms with Crippen LogP contribution < -0.4 is 5.32 Å². The van der Waals surface area contributed by atoms with E-state index < -0.39 is 0 Å². The number of aryl methyl sites for hydroxylation is 1. The number of para-hydroxylation sites is 1. The van der Waals surface area contributed by atoms with Crippen molar-refractivity contribution in [1.82, 2.24) is 20.3 Å². The van der Waals surface area contributed by atoms with Crippen molar-refractivity contribution in [1.29, 1.82) is 0 Å². The number of hydrogen-bond donors (Lipinski definition) is 2. The predicted molar refractivity (Wildman–Crippen MR) is 78.7 cm³/mol. The quantitative estimate of drug-likeness (QED) is 0.843. The molecule has 0 aliphatic rings. The summed E-state index contributed by atoms with van der Waals surface area (Å²) in [6.07, 6.45) is 2.43. The number of hydrogen-bond acceptors (Lipinski definition) is 4. The van der Waals surface area contributed by atoms with Crippen molar-refractivity contribution < 1.29 is 5.11 Å². The number of benzene rings is 1. The summed E-state index contributed by atoms with van der Waals surface area (Å²) < 4.78 is 1.79. The van der Waals surface area contributed by atoms with Crippen molar-refractivity contribution in [3.05, 3.63) is 41.7 Å². The zero-order valence-corrected chi connectivity index (χ0v) is 12.2. The molecule has 2 N–H and O–H groups in total. The Balaban J connectivity index is 2.05. The second kappa shape index (κ2) is 6.63. The molecular weight excluding hydrogens is 252 g/mol. The van der Waals surface area contributed by atoms with Crippen molar-refractivity contribution in [2.45, 2.75) is 45.9 Å². The monoisotopic (exact) mass is 274 g/mol. The van der Waals surface area contributed by atoms with E-state index in [1.165, 1.54) is 0 Å². The van der Waals surface area contributed by atoms with Crippen molar-refractivity contribution in [3.8, 4) is 5.69 Å². The summed E-state index contributed by atoms with van der Waals surface area (Å²) in [5.41, 5.74) is 3.06. The van der Waals surface area contributed by atoms with E-state index in [0.717, 1.165) is 23.4 Å². The molecule has 0 aliphatic heterocycles. The van der Waals surface area contributed by atoms with Crippen LogP contribution in [0.5, 0.6) is 0 Å². The van der Waals surface area contributed by atoms with E-state index in [1.807, 2.05) is 24.4 Å². The molecule has 1 aromatic heterocycles. The molecule has 5 nitrogen and oxygen atoms in total. The van der Waals surface area contributed by atoms with Crippen LogP contribution in [0.1, 0.15) is 31.5 Å². The average molecular weight is 274 g/mol. The van der Waals surface area contributed by atoms with E-state index in [9.17, 15) is 5.11 Å². The lowest BCUT2D eigenvalue weighted by molar-refractivity contribution is 0.141. The van der Waals surface area contributed by atoms with Gasteiger partial charge in [-0.05, 0) is 31.9 Å². The topological polar surface area (TPSA) is 63.0 Å². The normalized spacial score (nSPS) is 14.2. The van der Waals surface area contributed by atoms with E-state index in [0.29, 0.717) is 6.54 Å². The molecule has 1 heterocycles. The summed E-state index contributed by atoms with van der Waals surface area (Å²) in [7, 11) is 0. The summed E-state index contributed by atoms with van der Waals surface area (Å²) in [4.78, 5) is 0. The van der Waals surface area contributed by atoms with Crippen molar-refractivity contribution in [2.75, 3.05) is 0 Å². The summed E-state index contributed by atoms with van der Waals surface area (Å²) in [5, 5.41) is 21.2. The van der Waals surface area contributed by atoms with Crippen LogP contribution in [0.4, 0.5) is 0 Å². The summed E-state index contributed by atoms with van der Waals surface area (Å²) in [6, 6.07) is 8.15. The maximum atomic E-state index is 9.61. The maximum absolute atomic E-state index is 9.61. The third-order valence-corrected chi connectivity index (χ3v) is 3.47. The van der Waals surface area contributed by atoms with E-state index in [-0.39, 0.29) is 12.1 Å². The Labute approximate surface area is 119 Å². The zero-order chi connectivity index (χ0) is 14.5. The second-order valence-electron chi connectivity index (χ2n) is 5.08. The van der Waals surface area contributed by atoms with Gasteiger partial charge in [-0.15, -0.1) is 5.10 Å². The molecule has 20 heavy (non-hydrogen) atoms. The molecule has 2 atom stereocenters. The summed E-state index contributed by atoms with van der Waals surface area (Å²) in [6.45, 7) is 6.50. The molecule has 0 spiro atoms. The molecule has 2 aromatic rings. The smallest absolute Gasteiger partial charge is 0.0969 e. The molecule has 0 bridgehead atoms. The Bertz CT molecular complexity index is 550. The van der Waals surface area contributed by atoms with Gasteiger partial charge >= 0.3 is 0 Å². The maximum Gasteiger partial charge on any atom is 0.0969 e. The molecule has 0 fully saturated rings. The number of nitrogens with zero attached hydrogens (tertiary/aromatic N) is 3. The summed E-state index contributed by atoms with van der Waals surface area (Å²) >= 11 is 0. The van der Waals surface area contributed by atoms with Gasteiger partial charge in [0, 0.05) is 12.6 Å². The first-order chi connectivity index (χ1) is 9.61. The fourth-order valence-corrected chi connectivity index (χ4v) is 2.21. The zero-order valence-electron chi connectivity index (χ0n) is 12.2. The minimum atomic E-state index is -0.369. The van der Waals surface area contributed by atoms with Crippen molar-refractivity contribution in [3.63, 3.8) is 0 Å². The van der Waals surface area contributed by atoms with Gasteiger partial charge in [-0.25, -0.2) is 4.68 Å². The Morgan fingerprint density at radius 1 is 1.35 bits per heavy atom. The highest BCUT2D eigenvalue weighted by molar-refractivity contribution is 5.38. The molecule has 0 saturated carbocycles. The van der Waals surface area contributed by atoms with Gasteiger partial charge in [-0.1, -0.05) is 30.3 Å². The molecule has 1 aromatic carbocycles. The second-order valence-corrected chi connectivity index (χ2v) is 5.08. The highest BCUT2D eigenvalue weighted by Crippen LogP contribution is 2.12. The largest absolute Gasteiger partial charge is 0.392 e. The van der Waals surface area contributed by atoms with Crippen LogP contribution in [-0.4, -0.2) is 32.2 Å². The Kier molecular flexibility index (Phi) is 4.87. The first-order valence-electron chi connectivity index (χ1n) is 7.00. The highest BCUT2D eigenvalue weighted by Gasteiger charge is 2.12. The Hall–Kier alpha value is -1.72. The van der Waals surface area contributed by atoms with Crippen LogP contribution >= 0.6 is 0 Å². The van der Waals surface area contributed by atoms with Gasteiger partial charge in [0.1, 0.15) is 0 Å². The lowest BCUT2D eigenvalue weighted by Crippen LogP contribution is -2.37. The SMILES string of the molecule is CCC(NCc1cn(-c2ccccc2C)nn1)C(C)O. The molecule has 0 aliphatic carbocycles. The first-order valence-corrected chi connectivity index (χ1v) is 7.00. The van der Waals surface area contributed by atoms with E-state index >= 15 is 0 Å². The lowest BCUT2D eigenvalue weighted by atomic mass is 10.1. The lowest BCUT2D eigenvalue weighted by Gasteiger charge is -2.18. The van der Waals surface area contributed by atoms with Gasteiger partial charge in [0.05, 0.1) is 23.7 Å². The minimum absolute atomic E-state index is 0.0820. The van der Waals surface area contributed by atoms with Crippen LogP contribution in [-0.2, 0) is 6.54 Å². The molecule has 2 rings (SSSR count). The van der Waals surface area contributed by atoms with Gasteiger partial charge in [-0.3, -0.25) is 0 Å². The van der Waals surface area contributed by atoms with Crippen LogP contribution in [0.2, 0.25) is 0 Å². The highest BCUT2D eigenvalue weighted by atomic mass is 16.3. The molecule has 0 amide bonds. The summed E-state index contributed by atoms with van der Waals surface area (Å²) in [5.74, 6) is 0. The number of aliphatic hydroxyl groups excluding tert-OH is 1. The molecule has 2 unspecified atom stereocenters. The Morgan fingerprint density at radius 2 is 2.10 bits per heavy atom. The van der Waals surface area contributed by atoms with Crippen molar-refractivity contribution >= 4 is 0 Å². The van der Waals surface area contributed by atoms with Crippen LogP contribution in [0.15, 0.2) is 30.5 Å². The van der Waals surface area contributed by atoms with E-state index in [1.54, 1.807) is 11.6 Å². The standard InChI is InChI=1S/C15H22N4O/c1-4-14(12(3)20)16-9-13-10-19(18-17-13)15-8-6-5-7-11(15)2/h5-8,10,12,14,16,20H,4,9H2,1-3H3. The minimum Gasteiger partial charge on any atom is -0.392 e. The molecular formula is C15H22N4O. The predicted octanol–water partition coefficient (Wildman–Crippen LogP) is 1.82. The van der Waals surface area contributed by atoms with E-state index in [2.05, 4.69) is 35.5 Å². The van der Waals surface area contributed by atoms with Gasteiger partial charge in [0.15, 0.2) is 0 Å². The van der Waals surface area contributed by atoms with Crippen LogP contribution in [0, 0.1) is 6.92 Å². The molecule has 5 heteroatoms. The first kappa shape index (κ1) is 14.7. The number of rotatable bonds is 6. The van der Waals surface area contributed by atoms with Gasteiger partial charge in [0.2, 0.25) is 0 Å². The molecule has 0 saturated heterocycles. The number of nitrogens with one attached hydrogen (secondary N) is 1. The van der Waals surface area contributed by atoms with Gasteiger partial charge < -0.3 is 10.4 Å². The van der Waals surface area contributed by atoms with Crippen LogP contribution in [0.25, 0.3) is 5.69 Å². The average Bonchev–Trinajstić information content (AvgIpc) is 2.88. The van der Waals surface area contributed by atoms with Crippen LogP contribution in [0.3, 0.4) is 0 Å². The molecule has 0 radical (unpaired) electrons. The number of aliphatic hydroxyl groups is 1. The Morgan fingerprint density at radius 3 is 2.75 bits per heavy atom. The number of aromatic nitrogens is 3. The van der Waals surface area contributed by atoms with E-state index in [4.69, 9.17) is 0 Å². The fourth-order valence-electron chi connectivity index (χ4n) is 2.21. The molecule has 108 valence electrons. The van der Waals surface area contributed by atoms with Crippen molar-refractivity contribution in [2.24, 2.45) is 0 Å².